The van der Waals surface area contributed by atoms with E-state index >= 15 is 0 Å². The number of alkyl halides is 2. The number of piperidine rings is 1. The van der Waals surface area contributed by atoms with Crippen molar-refractivity contribution in [3.8, 4) is 0 Å². The molecule has 2 unspecified atom stereocenters. The second-order valence-corrected chi connectivity index (χ2v) is 9.05. The molecule has 2 aliphatic rings. The molecule has 1 N–H and O–H groups in total. The van der Waals surface area contributed by atoms with Crippen molar-refractivity contribution in [1.82, 2.24) is 15.0 Å². The largest absolute Gasteiger partial charge is 0.398 e. The summed E-state index contributed by atoms with van der Waals surface area (Å²) in [5, 5.41) is -0.0593. The highest BCUT2D eigenvalue weighted by atomic mass is 35.5. The molecule has 0 aliphatic carbocycles. The van der Waals surface area contributed by atoms with Crippen molar-refractivity contribution < 1.29 is 28.0 Å². The standard InChI is InChI=1S/C22H14B4ClF2N3O4/c23-15-8-16(33)30-18(34)17(15)31-9-10-7-12(3-6-14(10)19(31)35)22(24,25)32(26)20(36)21(28,29)11-1-4-13(27)5-2-11/h1-7,15,17H,8-9H2,(H,30,33,34). The van der Waals surface area contributed by atoms with E-state index in [9.17, 15) is 28.0 Å². The van der Waals surface area contributed by atoms with Gasteiger partial charge in [-0.25, -0.2) is 0 Å². The number of carbonyl (C=O) groups is 4. The number of nitrogens with one attached hydrogen (secondary N) is 1. The van der Waals surface area contributed by atoms with Crippen LogP contribution in [0.2, 0.25) is 10.8 Å². The van der Waals surface area contributed by atoms with Crippen LogP contribution in [0.1, 0.15) is 33.5 Å². The second-order valence-electron chi connectivity index (χ2n) is 8.61. The lowest BCUT2D eigenvalue weighted by molar-refractivity contribution is -0.155. The Morgan fingerprint density at radius 3 is 2.31 bits per heavy atom. The molecule has 0 saturated carbocycles. The molecule has 7 nitrogen and oxygen atoms in total. The molecule has 0 aromatic heterocycles. The fourth-order valence-electron chi connectivity index (χ4n) is 4.21. The summed E-state index contributed by atoms with van der Waals surface area (Å²) in [6.45, 7) is -0.0997. The average Bonchev–Trinajstić information content (AvgIpc) is 3.13. The van der Waals surface area contributed by atoms with E-state index in [-0.39, 0.29) is 33.9 Å². The first-order valence-electron chi connectivity index (χ1n) is 10.6. The van der Waals surface area contributed by atoms with Gasteiger partial charge in [-0.3, -0.25) is 24.5 Å². The van der Waals surface area contributed by atoms with Gasteiger partial charge in [0.15, 0.2) is 0 Å². The molecule has 174 valence electrons. The first kappa shape index (κ1) is 26.0. The van der Waals surface area contributed by atoms with E-state index in [0.29, 0.717) is 5.56 Å². The maximum absolute atomic E-state index is 14.9. The van der Waals surface area contributed by atoms with Crippen molar-refractivity contribution in [3.63, 3.8) is 0 Å². The molecule has 2 heterocycles. The topological polar surface area (TPSA) is 86.8 Å². The number of amides is 4. The zero-order chi connectivity index (χ0) is 26.6. The number of hydrogen-bond acceptors (Lipinski definition) is 4. The summed E-state index contributed by atoms with van der Waals surface area (Å²) in [5.74, 6) is -8.66. The van der Waals surface area contributed by atoms with Gasteiger partial charge in [0.25, 0.3) is 11.8 Å². The normalized spacial score (nSPS) is 20.2. The second kappa shape index (κ2) is 9.10. The molecule has 1 fully saturated rings. The third-order valence-corrected chi connectivity index (χ3v) is 6.44. The summed E-state index contributed by atoms with van der Waals surface area (Å²) in [5.41, 5.74) is -0.182. The Morgan fingerprint density at radius 2 is 1.69 bits per heavy atom. The van der Waals surface area contributed by atoms with Crippen LogP contribution in [0.15, 0.2) is 42.5 Å². The molecule has 8 radical (unpaired) electrons. The Bertz CT molecular complexity index is 1280. The van der Waals surface area contributed by atoms with E-state index in [0.717, 1.165) is 12.1 Å². The third-order valence-electron chi connectivity index (χ3n) is 6.19. The van der Waals surface area contributed by atoms with Crippen LogP contribution >= 0.6 is 11.6 Å². The number of hydrogen-bond donors (Lipinski definition) is 1. The number of halogens is 3. The monoisotopic (exact) mass is 501 g/mol. The molecule has 2 aromatic carbocycles. The molecular weight excluding hydrogens is 487 g/mol. The number of benzene rings is 2. The highest BCUT2D eigenvalue weighted by Crippen LogP contribution is 2.36. The SMILES string of the molecule is [B]C1CC(=O)NC(=O)C1N1Cc2cc(C([B])([B])N([B])C(=O)C(F)(F)c3ccc(Cl)cc3)ccc2C1=O. The van der Waals surface area contributed by atoms with E-state index in [1.807, 2.05) is 0 Å². The highest BCUT2D eigenvalue weighted by molar-refractivity contribution is 6.43. The van der Waals surface area contributed by atoms with Crippen molar-refractivity contribution in [2.45, 2.75) is 36.1 Å². The lowest BCUT2D eigenvalue weighted by Crippen LogP contribution is -2.55. The van der Waals surface area contributed by atoms with E-state index in [2.05, 4.69) is 5.32 Å². The lowest BCUT2D eigenvalue weighted by Gasteiger charge is -2.40. The summed E-state index contributed by atoms with van der Waals surface area (Å²) in [4.78, 5) is 50.6. The third kappa shape index (κ3) is 4.34. The van der Waals surface area contributed by atoms with Crippen LogP contribution in [0, 0.1) is 0 Å². The molecule has 36 heavy (non-hydrogen) atoms. The van der Waals surface area contributed by atoms with Crippen molar-refractivity contribution in [3.05, 3.63) is 69.7 Å². The Kier molecular flexibility index (Phi) is 6.58. The van der Waals surface area contributed by atoms with Gasteiger partial charge in [0.1, 0.15) is 6.04 Å². The van der Waals surface area contributed by atoms with Gasteiger partial charge in [-0.05, 0) is 40.5 Å². The van der Waals surface area contributed by atoms with Gasteiger partial charge >= 0.3 is 5.92 Å². The van der Waals surface area contributed by atoms with Crippen LogP contribution in [0.25, 0.3) is 0 Å². The summed E-state index contributed by atoms with van der Waals surface area (Å²) >= 11 is 5.72. The van der Waals surface area contributed by atoms with Gasteiger partial charge in [-0.2, -0.15) is 8.78 Å². The van der Waals surface area contributed by atoms with Crippen molar-refractivity contribution in [2.24, 2.45) is 0 Å². The van der Waals surface area contributed by atoms with E-state index in [1.165, 1.54) is 35.2 Å². The summed E-state index contributed by atoms with van der Waals surface area (Å²) in [6, 6.07) is 7.14. The van der Waals surface area contributed by atoms with Crippen LogP contribution in [-0.4, -0.2) is 70.9 Å². The number of fused-ring (bicyclic) bond motifs is 1. The minimum atomic E-state index is -4.07. The predicted molar refractivity (Wildman–Crippen MR) is 129 cm³/mol. The molecule has 0 bridgehead atoms. The van der Waals surface area contributed by atoms with Crippen molar-refractivity contribution in [1.29, 1.82) is 0 Å². The molecule has 4 rings (SSSR count). The molecule has 2 atom stereocenters. The Hall–Kier alpha value is -3.07. The molecule has 2 aromatic rings. The van der Waals surface area contributed by atoms with Gasteiger partial charge < -0.3 is 9.71 Å². The summed E-state index contributed by atoms with van der Waals surface area (Å²) < 4.78 is 29.7. The molecule has 2 aliphatic heterocycles. The number of nitrogens with zero attached hydrogens (tertiary/aromatic N) is 2. The van der Waals surface area contributed by atoms with E-state index in [1.54, 1.807) is 0 Å². The number of rotatable bonds is 5. The maximum atomic E-state index is 14.9. The van der Waals surface area contributed by atoms with Crippen LogP contribution < -0.4 is 5.32 Å². The Morgan fingerprint density at radius 1 is 1.08 bits per heavy atom. The van der Waals surface area contributed by atoms with Crippen molar-refractivity contribution >= 4 is 66.7 Å². The minimum Gasteiger partial charge on any atom is -0.398 e. The Labute approximate surface area is 215 Å². The van der Waals surface area contributed by atoms with Gasteiger partial charge in [-0.1, -0.05) is 35.9 Å². The van der Waals surface area contributed by atoms with Gasteiger partial charge in [0.05, 0.1) is 23.5 Å². The lowest BCUT2D eigenvalue weighted by atomic mass is 9.55. The first-order chi connectivity index (χ1) is 16.7. The fraction of sp³-hybridized carbons (Fsp3) is 0.273. The molecule has 1 saturated heterocycles. The molecule has 14 heteroatoms. The van der Waals surface area contributed by atoms with Crippen LogP contribution in [0.3, 0.4) is 0 Å². The molecule has 4 amide bonds. The van der Waals surface area contributed by atoms with Gasteiger partial charge in [0.2, 0.25) is 19.8 Å². The summed E-state index contributed by atoms with van der Waals surface area (Å²) in [7, 11) is 23.7. The number of imide groups is 1. The van der Waals surface area contributed by atoms with Gasteiger partial charge in [0, 0.05) is 29.1 Å². The zero-order valence-electron chi connectivity index (χ0n) is 18.6. The quantitative estimate of drug-likeness (QED) is 0.486. The Balaban J connectivity index is 1.59. The molecular formula is C22H14B4ClF2N3O4. The summed E-state index contributed by atoms with van der Waals surface area (Å²) in [6.07, 6.45) is -0.150. The highest BCUT2D eigenvalue weighted by Gasteiger charge is 2.47. The van der Waals surface area contributed by atoms with E-state index < -0.39 is 52.3 Å². The first-order valence-corrected chi connectivity index (χ1v) is 11.0. The minimum absolute atomic E-state index is 0.0218. The van der Waals surface area contributed by atoms with Crippen LogP contribution in [0.5, 0.6) is 0 Å². The van der Waals surface area contributed by atoms with Crippen molar-refractivity contribution in [2.75, 3.05) is 0 Å². The maximum Gasteiger partial charge on any atom is 0.348 e. The smallest absolute Gasteiger partial charge is 0.348 e. The fourth-order valence-corrected chi connectivity index (χ4v) is 4.34. The molecule has 0 spiro atoms. The average molecular weight is 501 g/mol. The van der Waals surface area contributed by atoms with Crippen LogP contribution in [-0.2, 0) is 32.2 Å². The zero-order valence-corrected chi connectivity index (χ0v) is 19.3. The van der Waals surface area contributed by atoms with Crippen LogP contribution in [0.4, 0.5) is 8.78 Å². The predicted octanol–water partition coefficient (Wildman–Crippen LogP) is 0.819. The van der Waals surface area contributed by atoms with E-state index in [4.69, 9.17) is 43.1 Å². The van der Waals surface area contributed by atoms with Gasteiger partial charge in [-0.15, -0.1) is 0 Å². The number of carbonyl (C=O) groups excluding carboxylic acids is 4.